The second-order valence-corrected chi connectivity index (χ2v) is 6.92. The van der Waals surface area contributed by atoms with Gasteiger partial charge in [0.1, 0.15) is 0 Å². The Morgan fingerprint density at radius 1 is 0.667 bits per heavy atom. The van der Waals surface area contributed by atoms with Gasteiger partial charge in [-0.25, -0.2) is 0 Å². The molecule has 110 valence electrons. The lowest BCUT2D eigenvalue weighted by atomic mass is 9.89. The van der Waals surface area contributed by atoms with Crippen molar-refractivity contribution in [1.29, 1.82) is 0 Å². The van der Waals surface area contributed by atoms with Gasteiger partial charge in [-0.05, 0) is 50.7 Å². The summed E-state index contributed by atoms with van der Waals surface area (Å²) in [5, 5.41) is 0. The monoisotopic (exact) mass is 255 g/mol. The normalized spacial score (nSPS) is 12.3. The molecule has 0 spiro atoms. The fourth-order valence-electron chi connectivity index (χ4n) is 2.38. The molecule has 0 aliphatic heterocycles. The van der Waals surface area contributed by atoms with Gasteiger partial charge in [0.05, 0.1) is 0 Å². The highest BCUT2D eigenvalue weighted by atomic mass is 15.1. The van der Waals surface area contributed by atoms with Crippen LogP contribution in [0.25, 0.3) is 0 Å². The molecular formula is C17H37N. The standard InChI is InChI=1S/C17H37N/c1-6-8-15-18(14-7-2)16-12-10-9-11-13-17(3,4)5/h6-16H2,1-5H3. The van der Waals surface area contributed by atoms with Crippen LogP contribution in [0.1, 0.15) is 86.0 Å². The molecule has 0 bridgehead atoms. The van der Waals surface area contributed by atoms with E-state index in [1.807, 2.05) is 0 Å². The Hall–Kier alpha value is -0.0400. The third kappa shape index (κ3) is 12.4. The van der Waals surface area contributed by atoms with E-state index >= 15 is 0 Å². The molecule has 0 N–H and O–H groups in total. The molecular weight excluding hydrogens is 218 g/mol. The minimum absolute atomic E-state index is 0.523. The lowest BCUT2D eigenvalue weighted by molar-refractivity contribution is 0.262. The average Bonchev–Trinajstić information content (AvgIpc) is 2.29. The van der Waals surface area contributed by atoms with E-state index in [4.69, 9.17) is 0 Å². The number of rotatable bonds is 11. The molecule has 0 aromatic carbocycles. The van der Waals surface area contributed by atoms with Crippen LogP contribution in [0.3, 0.4) is 0 Å². The molecule has 0 amide bonds. The van der Waals surface area contributed by atoms with Crippen molar-refractivity contribution in [2.45, 2.75) is 86.0 Å². The van der Waals surface area contributed by atoms with Gasteiger partial charge in [0.25, 0.3) is 0 Å². The van der Waals surface area contributed by atoms with Crippen molar-refractivity contribution in [3.63, 3.8) is 0 Å². The third-order valence-corrected chi connectivity index (χ3v) is 3.52. The molecule has 0 fully saturated rings. The summed E-state index contributed by atoms with van der Waals surface area (Å²) >= 11 is 0. The van der Waals surface area contributed by atoms with Crippen LogP contribution in [0.2, 0.25) is 0 Å². The minimum Gasteiger partial charge on any atom is -0.303 e. The fraction of sp³-hybridized carbons (Fsp3) is 1.00. The summed E-state index contributed by atoms with van der Waals surface area (Å²) in [7, 11) is 0. The van der Waals surface area contributed by atoms with Crippen molar-refractivity contribution in [1.82, 2.24) is 4.90 Å². The molecule has 0 aromatic heterocycles. The Labute approximate surface area is 116 Å². The lowest BCUT2D eigenvalue weighted by Crippen LogP contribution is -2.26. The Morgan fingerprint density at radius 2 is 1.28 bits per heavy atom. The van der Waals surface area contributed by atoms with E-state index in [0.717, 1.165) is 0 Å². The largest absolute Gasteiger partial charge is 0.303 e. The highest BCUT2D eigenvalue weighted by Crippen LogP contribution is 2.22. The molecule has 0 saturated heterocycles. The molecule has 0 atom stereocenters. The van der Waals surface area contributed by atoms with Crippen molar-refractivity contribution >= 4 is 0 Å². The second-order valence-electron chi connectivity index (χ2n) is 6.92. The first kappa shape index (κ1) is 18.0. The van der Waals surface area contributed by atoms with Crippen LogP contribution in [-0.4, -0.2) is 24.5 Å². The van der Waals surface area contributed by atoms with Crippen molar-refractivity contribution in [3.8, 4) is 0 Å². The molecule has 1 heteroatoms. The highest BCUT2D eigenvalue weighted by molar-refractivity contribution is 4.62. The van der Waals surface area contributed by atoms with E-state index in [1.54, 1.807) is 0 Å². The first-order chi connectivity index (χ1) is 8.49. The third-order valence-electron chi connectivity index (χ3n) is 3.52. The summed E-state index contributed by atoms with van der Waals surface area (Å²) in [6.07, 6.45) is 11.0. The van der Waals surface area contributed by atoms with Crippen LogP contribution in [0.4, 0.5) is 0 Å². The van der Waals surface area contributed by atoms with E-state index < -0.39 is 0 Å². The smallest absolute Gasteiger partial charge is 0.00187 e. The number of hydrogen-bond acceptors (Lipinski definition) is 1. The van der Waals surface area contributed by atoms with Crippen molar-refractivity contribution in [2.24, 2.45) is 5.41 Å². The molecule has 0 heterocycles. The first-order valence-corrected chi connectivity index (χ1v) is 8.22. The minimum atomic E-state index is 0.523. The van der Waals surface area contributed by atoms with Gasteiger partial charge in [-0.15, -0.1) is 0 Å². The second kappa shape index (κ2) is 10.8. The maximum atomic E-state index is 2.66. The van der Waals surface area contributed by atoms with Gasteiger partial charge in [-0.2, -0.15) is 0 Å². The summed E-state index contributed by atoms with van der Waals surface area (Å²) in [4.78, 5) is 2.66. The predicted octanol–water partition coefficient (Wildman–Crippen LogP) is 5.50. The molecule has 0 aromatic rings. The summed E-state index contributed by atoms with van der Waals surface area (Å²) in [5.41, 5.74) is 0.523. The summed E-state index contributed by atoms with van der Waals surface area (Å²) in [6.45, 7) is 15.6. The zero-order valence-corrected chi connectivity index (χ0v) is 13.7. The topological polar surface area (TPSA) is 3.24 Å². The quantitative estimate of drug-likeness (QED) is 0.441. The van der Waals surface area contributed by atoms with Crippen LogP contribution in [0.5, 0.6) is 0 Å². The van der Waals surface area contributed by atoms with Crippen molar-refractivity contribution in [3.05, 3.63) is 0 Å². The van der Waals surface area contributed by atoms with E-state index in [1.165, 1.54) is 71.0 Å². The SMILES string of the molecule is CCCCN(CCC)CCCCCCC(C)(C)C. The van der Waals surface area contributed by atoms with Gasteiger partial charge >= 0.3 is 0 Å². The zero-order valence-electron chi connectivity index (χ0n) is 13.7. The van der Waals surface area contributed by atoms with Gasteiger partial charge < -0.3 is 4.90 Å². The maximum Gasteiger partial charge on any atom is -0.00187 e. The summed E-state index contributed by atoms with van der Waals surface area (Å²) in [6, 6.07) is 0. The number of nitrogens with zero attached hydrogens (tertiary/aromatic N) is 1. The van der Waals surface area contributed by atoms with Gasteiger partial charge in [-0.1, -0.05) is 60.3 Å². The molecule has 0 aliphatic carbocycles. The fourth-order valence-corrected chi connectivity index (χ4v) is 2.38. The molecule has 1 nitrogen and oxygen atoms in total. The van der Waals surface area contributed by atoms with Crippen LogP contribution >= 0.6 is 0 Å². The highest BCUT2D eigenvalue weighted by Gasteiger charge is 2.09. The molecule has 0 aliphatic rings. The van der Waals surface area contributed by atoms with Gasteiger partial charge in [0.2, 0.25) is 0 Å². The Morgan fingerprint density at radius 3 is 1.83 bits per heavy atom. The van der Waals surface area contributed by atoms with E-state index in [2.05, 4.69) is 39.5 Å². The molecule has 0 saturated carbocycles. The van der Waals surface area contributed by atoms with Crippen molar-refractivity contribution in [2.75, 3.05) is 19.6 Å². The number of unbranched alkanes of at least 4 members (excludes halogenated alkanes) is 4. The molecule has 0 rings (SSSR count). The Bertz CT molecular complexity index is 169. The van der Waals surface area contributed by atoms with Crippen LogP contribution in [0, 0.1) is 5.41 Å². The maximum absolute atomic E-state index is 2.66. The first-order valence-electron chi connectivity index (χ1n) is 8.22. The average molecular weight is 255 g/mol. The number of hydrogen-bond donors (Lipinski definition) is 0. The molecule has 0 unspecified atom stereocenters. The lowest BCUT2D eigenvalue weighted by Gasteiger charge is -2.21. The summed E-state index contributed by atoms with van der Waals surface area (Å²) < 4.78 is 0. The zero-order chi connectivity index (χ0) is 13.9. The van der Waals surface area contributed by atoms with Crippen molar-refractivity contribution < 1.29 is 0 Å². The van der Waals surface area contributed by atoms with Gasteiger partial charge in [0, 0.05) is 0 Å². The Balaban J connectivity index is 3.48. The van der Waals surface area contributed by atoms with Gasteiger partial charge in [0.15, 0.2) is 0 Å². The Kier molecular flexibility index (Phi) is 10.8. The summed E-state index contributed by atoms with van der Waals surface area (Å²) in [5.74, 6) is 0. The molecule has 18 heavy (non-hydrogen) atoms. The predicted molar refractivity (Wildman–Crippen MR) is 84.2 cm³/mol. The van der Waals surface area contributed by atoms with Crippen LogP contribution in [0.15, 0.2) is 0 Å². The van der Waals surface area contributed by atoms with Crippen LogP contribution < -0.4 is 0 Å². The van der Waals surface area contributed by atoms with Gasteiger partial charge in [-0.3, -0.25) is 0 Å². The van der Waals surface area contributed by atoms with Crippen LogP contribution in [-0.2, 0) is 0 Å². The van der Waals surface area contributed by atoms with E-state index in [0.29, 0.717) is 5.41 Å². The van der Waals surface area contributed by atoms with E-state index in [-0.39, 0.29) is 0 Å². The van der Waals surface area contributed by atoms with E-state index in [9.17, 15) is 0 Å². The molecule has 0 radical (unpaired) electrons.